The number of hydrogen-bond acceptors (Lipinski definition) is 5. The van der Waals surface area contributed by atoms with Crippen molar-refractivity contribution in [2.24, 2.45) is 7.05 Å². The summed E-state index contributed by atoms with van der Waals surface area (Å²) in [7, 11) is 1.84. The fraction of sp³-hybridized carbons (Fsp3) is 0.400. The van der Waals surface area contributed by atoms with Crippen molar-refractivity contribution in [1.29, 1.82) is 0 Å². The Hall–Kier alpha value is -2.02. The number of nitrogens with zero attached hydrogens (tertiary/aromatic N) is 2. The van der Waals surface area contributed by atoms with Gasteiger partial charge in [0.15, 0.2) is 0 Å². The number of rotatable bonds is 3. The largest absolute Gasteiger partial charge is 0.459 e. The first-order valence-corrected chi connectivity index (χ1v) is 7.57. The van der Waals surface area contributed by atoms with E-state index < -0.39 is 22.7 Å². The molecule has 1 aromatic rings. The van der Waals surface area contributed by atoms with Crippen molar-refractivity contribution in [3.05, 3.63) is 28.9 Å². The van der Waals surface area contributed by atoms with Gasteiger partial charge in [-0.3, -0.25) is 19.3 Å². The molecular weight excluding hydrogens is 304 g/mol. The van der Waals surface area contributed by atoms with Gasteiger partial charge in [0, 0.05) is 18.9 Å². The molecule has 0 spiro atoms. The number of esters is 1. The zero-order valence-electron chi connectivity index (χ0n) is 13.0. The van der Waals surface area contributed by atoms with Gasteiger partial charge < -0.3 is 9.30 Å². The molecule has 0 aromatic carbocycles. The van der Waals surface area contributed by atoms with Gasteiger partial charge in [0.1, 0.15) is 12.1 Å². The van der Waals surface area contributed by atoms with Gasteiger partial charge in [-0.15, -0.1) is 0 Å². The molecule has 7 heteroatoms. The van der Waals surface area contributed by atoms with Gasteiger partial charge in [-0.05, 0) is 50.7 Å². The van der Waals surface area contributed by atoms with Crippen LogP contribution in [0.5, 0.6) is 0 Å². The Labute approximate surface area is 133 Å². The van der Waals surface area contributed by atoms with Crippen molar-refractivity contribution < 1.29 is 19.1 Å². The minimum absolute atomic E-state index is 0.301. The minimum Gasteiger partial charge on any atom is -0.459 e. The smallest absolute Gasteiger partial charge is 0.326 e. The fourth-order valence-corrected chi connectivity index (χ4v) is 2.72. The van der Waals surface area contributed by atoms with E-state index in [1.54, 1.807) is 26.8 Å². The van der Waals surface area contributed by atoms with Crippen molar-refractivity contribution in [3.8, 4) is 0 Å². The summed E-state index contributed by atoms with van der Waals surface area (Å²) < 4.78 is 6.97. The van der Waals surface area contributed by atoms with Gasteiger partial charge in [0.2, 0.25) is 0 Å². The summed E-state index contributed by atoms with van der Waals surface area (Å²) in [5, 5.41) is -0.462. The van der Waals surface area contributed by atoms with Crippen LogP contribution in [0.15, 0.2) is 23.2 Å². The molecule has 1 aliphatic heterocycles. The molecular formula is C15H18N2O4S. The highest BCUT2D eigenvalue weighted by Crippen LogP contribution is 2.32. The van der Waals surface area contributed by atoms with Crippen LogP contribution in [0.25, 0.3) is 6.08 Å². The normalized spacial score (nSPS) is 17.5. The Bertz CT molecular complexity index is 655. The van der Waals surface area contributed by atoms with Crippen LogP contribution >= 0.6 is 11.8 Å². The second-order valence-electron chi connectivity index (χ2n) is 5.90. The predicted octanol–water partition coefficient (Wildman–Crippen LogP) is 2.40. The highest BCUT2D eigenvalue weighted by atomic mass is 32.2. The summed E-state index contributed by atoms with van der Waals surface area (Å²) in [6, 6.07) is 3.68. The molecule has 1 saturated heterocycles. The number of hydrogen-bond donors (Lipinski definition) is 0. The van der Waals surface area contributed by atoms with Crippen molar-refractivity contribution >= 4 is 35.0 Å². The van der Waals surface area contributed by atoms with E-state index in [-0.39, 0.29) is 6.54 Å². The van der Waals surface area contributed by atoms with Crippen LogP contribution in [0.3, 0.4) is 0 Å². The number of amides is 2. The molecule has 118 valence electrons. The summed E-state index contributed by atoms with van der Waals surface area (Å²) in [5.74, 6) is -1.07. The number of aryl methyl sites for hydroxylation is 1. The van der Waals surface area contributed by atoms with E-state index in [0.717, 1.165) is 22.4 Å². The molecule has 1 aromatic heterocycles. The van der Waals surface area contributed by atoms with E-state index in [2.05, 4.69) is 0 Å². The van der Waals surface area contributed by atoms with Gasteiger partial charge in [0.25, 0.3) is 11.1 Å². The van der Waals surface area contributed by atoms with Crippen LogP contribution < -0.4 is 0 Å². The van der Waals surface area contributed by atoms with E-state index in [1.807, 2.05) is 29.9 Å². The third kappa shape index (κ3) is 3.79. The lowest BCUT2D eigenvalue weighted by molar-refractivity contribution is -0.156. The Morgan fingerprint density at radius 2 is 2.05 bits per heavy atom. The molecule has 0 aliphatic carbocycles. The van der Waals surface area contributed by atoms with E-state index >= 15 is 0 Å². The van der Waals surface area contributed by atoms with Crippen molar-refractivity contribution in [2.45, 2.75) is 26.4 Å². The Balaban J connectivity index is 2.11. The molecule has 2 amide bonds. The molecule has 0 N–H and O–H groups in total. The molecule has 0 radical (unpaired) electrons. The van der Waals surface area contributed by atoms with Crippen LogP contribution in [-0.4, -0.2) is 38.7 Å². The van der Waals surface area contributed by atoms with E-state index in [0.29, 0.717) is 4.91 Å². The molecule has 0 atom stereocenters. The van der Waals surface area contributed by atoms with E-state index in [9.17, 15) is 14.4 Å². The average Bonchev–Trinajstić information content (AvgIpc) is 2.87. The maximum atomic E-state index is 12.3. The highest BCUT2D eigenvalue weighted by molar-refractivity contribution is 8.18. The second kappa shape index (κ2) is 6.00. The highest BCUT2D eigenvalue weighted by Gasteiger charge is 2.37. The van der Waals surface area contributed by atoms with E-state index in [4.69, 9.17) is 4.74 Å². The quantitative estimate of drug-likeness (QED) is 0.631. The van der Waals surface area contributed by atoms with Crippen molar-refractivity contribution in [3.63, 3.8) is 0 Å². The standard InChI is InChI=1S/C15H18N2O4S/c1-15(2,3)21-12(18)9-17-13(19)11(22-14(17)20)8-10-6-5-7-16(10)4/h5-8H,9H2,1-4H3. The lowest BCUT2D eigenvalue weighted by Gasteiger charge is -2.21. The first-order valence-electron chi connectivity index (χ1n) is 6.76. The Kier molecular flexibility index (Phi) is 4.46. The summed E-state index contributed by atoms with van der Waals surface area (Å²) >= 11 is 0.826. The monoisotopic (exact) mass is 322 g/mol. The van der Waals surface area contributed by atoms with Crippen molar-refractivity contribution in [1.82, 2.24) is 9.47 Å². The SMILES string of the molecule is Cn1cccc1C=C1SC(=O)N(CC(=O)OC(C)(C)C)C1=O. The second-order valence-corrected chi connectivity index (χ2v) is 6.89. The van der Waals surface area contributed by atoms with Crippen molar-refractivity contribution in [2.75, 3.05) is 6.54 Å². The third-order valence-corrected chi connectivity index (χ3v) is 3.75. The molecule has 6 nitrogen and oxygen atoms in total. The van der Waals surface area contributed by atoms with Gasteiger partial charge in [-0.2, -0.15) is 0 Å². The summed E-state index contributed by atoms with van der Waals surface area (Å²) in [4.78, 5) is 37.2. The summed E-state index contributed by atoms with van der Waals surface area (Å²) in [6.07, 6.45) is 3.48. The summed E-state index contributed by atoms with van der Waals surface area (Å²) in [5.41, 5.74) is 0.153. The number of ether oxygens (including phenoxy) is 1. The molecule has 1 fully saturated rings. The zero-order valence-corrected chi connectivity index (χ0v) is 13.8. The minimum atomic E-state index is -0.655. The van der Waals surface area contributed by atoms with Crippen LogP contribution in [0.4, 0.5) is 4.79 Å². The number of thioether (sulfide) groups is 1. The van der Waals surface area contributed by atoms with Gasteiger partial charge in [-0.1, -0.05) is 0 Å². The molecule has 1 aliphatic rings. The zero-order chi connectivity index (χ0) is 16.5. The maximum Gasteiger partial charge on any atom is 0.326 e. The van der Waals surface area contributed by atoms with E-state index in [1.165, 1.54) is 0 Å². The van der Waals surface area contributed by atoms with Crippen LogP contribution in [0, 0.1) is 0 Å². The first kappa shape index (κ1) is 16.4. The maximum absolute atomic E-state index is 12.3. The molecule has 2 heterocycles. The Morgan fingerprint density at radius 3 is 2.59 bits per heavy atom. The third-order valence-electron chi connectivity index (χ3n) is 2.84. The van der Waals surface area contributed by atoms with Gasteiger partial charge in [-0.25, -0.2) is 0 Å². The van der Waals surface area contributed by atoms with Crippen LogP contribution in [0.2, 0.25) is 0 Å². The molecule has 0 saturated carbocycles. The number of carbonyl (C=O) groups is 3. The van der Waals surface area contributed by atoms with Crippen LogP contribution in [0.1, 0.15) is 26.5 Å². The van der Waals surface area contributed by atoms with Gasteiger partial charge in [0.05, 0.1) is 4.91 Å². The lowest BCUT2D eigenvalue weighted by Crippen LogP contribution is -2.37. The molecule has 0 unspecified atom stereocenters. The fourth-order valence-electron chi connectivity index (χ4n) is 1.90. The number of imide groups is 1. The summed E-state index contributed by atoms with van der Waals surface area (Å²) in [6.45, 7) is 4.82. The lowest BCUT2D eigenvalue weighted by atomic mass is 10.2. The Morgan fingerprint density at radius 1 is 1.36 bits per heavy atom. The number of carbonyl (C=O) groups excluding carboxylic acids is 3. The van der Waals surface area contributed by atoms with Gasteiger partial charge >= 0.3 is 5.97 Å². The first-order chi connectivity index (χ1) is 10.2. The van der Waals surface area contributed by atoms with Crippen LogP contribution in [-0.2, 0) is 21.4 Å². The predicted molar refractivity (Wildman–Crippen MR) is 83.9 cm³/mol. The topological polar surface area (TPSA) is 68.6 Å². The number of aromatic nitrogens is 1. The molecule has 0 bridgehead atoms. The molecule has 2 rings (SSSR count). The molecule has 22 heavy (non-hydrogen) atoms. The average molecular weight is 322 g/mol.